The molecule has 4 fully saturated rings. The molecule has 1 unspecified atom stereocenters. The van der Waals surface area contributed by atoms with E-state index < -0.39 is 17.4 Å². The molecule has 3 amide bonds. The second kappa shape index (κ2) is 13.8. The highest BCUT2D eigenvalue weighted by Gasteiger charge is 2.51. The van der Waals surface area contributed by atoms with Crippen LogP contribution >= 0.6 is 0 Å². The van der Waals surface area contributed by atoms with E-state index in [1.54, 1.807) is 12.1 Å². The van der Waals surface area contributed by atoms with Gasteiger partial charge in [0.1, 0.15) is 41.2 Å². The molecule has 15 nitrogen and oxygen atoms in total. The Bertz CT molecular complexity index is 2390. The largest absolute Gasteiger partial charge is 0.457 e. The molecule has 5 aromatic rings. The van der Waals surface area contributed by atoms with Gasteiger partial charge in [0.05, 0.1) is 22.6 Å². The standard InChI is InChI=1S/C42H42N10O5/c43-38-36-37(26-6-9-32(10-7-26)57-31-4-2-1-3-5-31)47-52(39(36)46-25-45-38)27-13-16-48(17-14-27)29-19-50(20-29)30-21-49(22-30)28-8-11-33-34(18-28)41(56)51(40(33)55)42(24-53)15-12-35(54)44-23-42/h1-11,18,24-25,27,29-30H,12-17,19-23H2,(H,44,54)(H2,43,45,46). The fraction of sp³-hybridized carbons (Fsp3) is 0.357. The smallest absolute Gasteiger partial charge is 0.262 e. The Balaban J connectivity index is 0.742. The SMILES string of the molecule is Nc1ncnc2c1c(-c1ccc(Oc3ccccc3)cc1)nn2C1CCN(C2CN(C3CN(c4ccc5c(c4)C(=O)N(C4(C=O)CCC(=O)NC4)C5=O)C3)C2)CC1. The molecule has 5 aliphatic rings. The van der Waals surface area contributed by atoms with Crippen molar-refractivity contribution in [2.75, 3.05) is 56.4 Å². The van der Waals surface area contributed by atoms with Crippen LogP contribution in [0.3, 0.4) is 0 Å². The van der Waals surface area contributed by atoms with Crippen LogP contribution in [0.5, 0.6) is 11.5 Å². The number of para-hydroxylation sites is 1. The fourth-order valence-corrected chi connectivity index (χ4v) is 9.10. The zero-order chi connectivity index (χ0) is 38.8. The van der Waals surface area contributed by atoms with E-state index in [-0.39, 0.29) is 31.3 Å². The van der Waals surface area contributed by atoms with Gasteiger partial charge in [-0.1, -0.05) is 18.2 Å². The summed E-state index contributed by atoms with van der Waals surface area (Å²) in [6.45, 7) is 5.59. The van der Waals surface area contributed by atoms with E-state index in [0.29, 0.717) is 35.3 Å². The minimum atomic E-state index is -1.36. The lowest BCUT2D eigenvalue weighted by Crippen LogP contribution is -2.70. The summed E-state index contributed by atoms with van der Waals surface area (Å²) in [6.07, 6.45) is 4.26. The third-order valence-corrected chi connectivity index (χ3v) is 12.5. The molecule has 1 atom stereocenters. The van der Waals surface area contributed by atoms with Crippen LogP contribution < -0.4 is 20.7 Å². The molecule has 0 saturated carbocycles. The molecule has 0 bridgehead atoms. The van der Waals surface area contributed by atoms with Crippen molar-refractivity contribution >= 4 is 46.5 Å². The number of likely N-dealkylation sites (tertiary alicyclic amines) is 2. The lowest BCUT2D eigenvalue weighted by molar-refractivity contribution is -0.127. The van der Waals surface area contributed by atoms with Crippen LogP contribution in [0, 0.1) is 0 Å². The number of anilines is 2. The van der Waals surface area contributed by atoms with Gasteiger partial charge in [0.2, 0.25) is 5.91 Å². The number of hydrogen-bond donors (Lipinski definition) is 2. The first-order valence-corrected chi connectivity index (χ1v) is 19.6. The molecule has 5 aliphatic heterocycles. The Morgan fingerprint density at radius 3 is 2.25 bits per heavy atom. The van der Waals surface area contributed by atoms with Crippen molar-refractivity contribution in [1.29, 1.82) is 0 Å². The van der Waals surface area contributed by atoms with Crippen LogP contribution in [0.1, 0.15) is 52.4 Å². The number of carbonyl (C=O) groups is 4. The predicted octanol–water partition coefficient (Wildman–Crippen LogP) is 3.52. The Kier molecular flexibility index (Phi) is 8.52. The van der Waals surface area contributed by atoms with Gasteiger partial charge in [0.15, 0.2) is 5.65 Å². The van der Waals surface area contributed by atoms with Crippen molar-refractivity contribution in [1.82, 2.24) is 39.8 Å². The number of imide groups is 1. The second-order valence-electron chi connectivity index (χ2n) is 15.8. The zero-order valence-electron chi connectivity index (χ0n) is 31.3. The average molecular weight is 767 g/mol. The normalized spacial score (nSPS) is 22.4. The highest BCUT2D eigenvalue weighted by molar-refractivity contribution is 6.23. The summed E-state index contributed by atoms with van der Waals surface area (Å²) in [5, 5.41) is 8.52. The van der Waals surface area contributed by atoms with Crippen molar-refractivity contribution in [3.05, 3.63) is 90.3 Å². The number of rotatable bonds is 9. The second-order valence-corrected chi connectivity index (χ2v) is 15.8. The molecule has 15 heteroatoms. The summed E-state index contributed by atoms with van der Waals surface area (Å²) < 4.78 is 8.06. The minimum absolute atomic E-state index is 0.0633. The molecule has 57 heavy (non-hydrogen) atoms. The van der Waals surface area contributed by atoms with Gasteiger partial charge in [-0.2, -0.15) is 5.10 Å². The molecular formula is C42H42N10O5. The van der Waals surface area contributed by atoms with Gasteiger partial charge >= 0.3 is 0 Å². The van der Waals surface area contributed by atoms with E-state index in [1.807, 2.05) is 60.7 Å². The maximum atomic E-state index is 13.5. The molecule has 3 N–H and O–H groups in total. The first kappa shape index (κ1) is 35.2. The molecule has 3 aromatic carbocycles. The summed E-state index contributed by atoms with van der Waals surface area (Å²) >= 11 is 0. The highest BCUT2D eigenvalue weighted by Crippen LogP contribution is 2.38. The lowest BCUT2D eigenvalue weighted by Gasteiger charge is -2.55. The number of hydrogen-bond acceptors (Lipinski definition) is 12. The molecule has 290 valence electrons. The number of nitrogens with two attached hydrogens (primary N) is 1. The average Bonchev–Trinajstić information content (AvgIpc) is 3.72. The number of aromatic nitrogens is 4. The number of fused-ring (bicyclic) bond motifs is 2. The molecular weight excluding hydrogens is 725 g/mol. The molecule has 10 rings (SSSR count). The van der Waals surface area contributed by atoms with Crippen molar-refractivity contribution < 1.29 is 23.9 Å². The topological polar surface area (TPSA) is 172 Å². The molecule has 4 saturated heterocycles. The van der Waals surface area contributed by atoms with E-state index in [2.05, 4.69) is 34.7 Å². The summed E-state index contributed by atoms with van der Waals surface area (Å²) in [5.41, 5.74) is 9.02. The van der Waals surface area contributed by atoms with Gasteiger partial charge in [-0.25, -0.2) is 14.6 Å². The number of ether oxygens (including phenoxy) is 1. The van der Waals surface area contributed by atoms with Gasteiger partial charge in [-0.05, 0) is 73.9 Å². The number of amides is 3. The van der Waals surface area contributed by atoms with Gasteiger partial charge in [-0.3, -0.25) is 29.1 Å². The number of aldehydes is 1. The molecule has 2 aromatic heterocycles. The van der Waals surface area contributed by atoms with E-state index in [9.17, 15) is 19.2 Å². The lowest BCUT2D eigenvalue weighted by atomic mass is 9.89. The van der Waals surface area contributed by atoms with Gasteiger partial charge in [0, 0.05) is 75.6 Å². The van der Waals surface area contributed by atoms with Crippen molar-refractivity contribution in [2.45, 2.75) is 49.3 Å². The summed E-state index contributed by atoms with van der Waals surface area (Å²) in [4.78, 5) is 68.2. The molecule has 7 heterocycles. The number of benzene rings is 3. The van der Waals surface area contributed by atoms with Crippen LogP contribution in [0.2, 0.25) is 0 Å². The van der Waals surface area contributed by atoms with Crippen LogP contribution in [-0.2, 0) is 9.59 Å². The van der Waals surface area contributed by atoms with E-state index >= 15 is 0 Å². The number of piperidine rings is 2. The Hall–Kier alpha value is -6.19. The Labute approximate surface area is 328 Å². The molecule has 0 spiro atoms. The van der Waals surface area contributed by atoms with Crippen LogP contribution in [0.4, 0.5) is 11.5 Å². The van der Waals surface area contributed by atoms with Gasteiger partial charge in [-0.15, -0.1) is 0 Å². The summed E-state index contributed by atoms with van der Waals surface area (Å²) in [6, 6.07) is 24.0. The van der Waals surface area contributed by atoms with Crippen LogP contribution in [0.25, 0.3) is 22.3 Å². The highest BCUT2D eigenvalue weighted by atomic mass is 16.5. The molecule has 0 aliphatic carbocycles. The van der Waals surface area contributed by atoms with Crippen LogP contribution in [-0.4, -0.2) is 122 Å². The van der Waals surface area contributed by atoms with Crippen molar-refractivity contribution in [3.8, 4) is 22.8 Å². The van der Waals surface area contributed by atoms with Crippen molar-refractivity contribution in [2.24, 2.45) is 0 Å². The number of nitrogens with zero attached hydrogens (tertiary/aromatic N) is 8. The number of carbonyl (C=O) groups excluding carboxylic acids is 4. The van der Waals surface area contributed by atoms with Gasteiger partial charge in [0.25, 0.3) is 11.8 Å². The van der Waals surface area contributed by atoms with E-state index in [4.69, 9.17) is 15.6 Å². The Morgan fingerprint density at radius 1 is 0.807 bits per heavy atom. The zero-order valence-corrected chi connectivity index (χ0v) is 31.3. The van der Waals surface area contributed by atoms with Gasteiger partial charge < -0.3 is 25.5 Å². The first-order chi connectivity index (χ1) is 27.8. The molecule has 0 radical (unpaired) electrons. The predicted molar refractivity (Wildman–Crippen MR) is 211 cm³/mol. The monoisotopic (exact) mass is 766 g/mol. The maximum Gasteiger partial charge on any atom is 0.262 e. The third-order valence-electron chi connectivity index (χ3n) is 12.5. The summed E-state index contributed by atoms with van der Waals surface area (Å²) in [5.74, 6) is 0.768. The van der Waals surface area contributed by atoms with E-state index in [1.165, 1.54) is 6.33 Å². The first-order valence-electron chi connectivity index (χ1n) is 19.6. The fourth-order valence-electron chi connectivity index (χ4n) is 9.10. The summed E-state index contributed by atoms with van der Waals surface area (Å²) in [7, 11) is 0. The Morgan fingerprint density at radius 2 is 1.53 bits per heavy atom. The number of nitrogens with one attached hydrogen (secondary N) is 1. The number of nitrogen functional groups attached to an aromatic ring is 1. The van der Waals surface area contributed by atoms with Crippen molar-refractivity contribution in [3.63, 3.8) is 0 Å². The third kappa shape index (κ3) is 6.00. The minimum Gasteiger partial charge on any atom is -0.457 e. The maximum absolute atomic E-state index is 13.5. The van der Waals surface area contributed by atoms with E-state index in [0.717, 1.165) is 96.5 Å². The quantitative estimate of drug-likeness (QED) is 0.166. The van der Waals surface area contributed by atoms with Crippen LogP contribution in [0.15, 0.2) is 79.1 Å².